The van der Waals surface area contributed by atoms with Crippen molar-refractivity contribution in [3.8, 4) is 0 Å². The van der Waals surface area contributed by atoms with Crippen LogP contribution in [0.2, 0.25) is 0 Å². The van der Waals surface area contributed by atoms with Crippen molar-refractivity contribution in [1.29, 1.82) is 0 Å². The zero-order chi connectivity index (χ0) is 12.5. The van der Waals surface area contributed by atoms with Crippen LogP contribution in [0.25, 0.3) is 10.9 Å². The third-order valence-electron chi connectivity index (χ3n) is 4.14. The highest BCUT2D eigenvalue weighted by molar-refractivity contribution is 5.85. The standard InChI is InChI=1S/C15H21N3/c1-10-14(12-5-3-4-6-13(12)18-10)15(16-2)11-7-8-17-9-11/h3-6,11,15-18H,7-9H2,1-2H3. The Hall–Kier alpha value is -1.32. The molecule has 2 heterocycles. The quantitative estimate of drug-likeness (QED) is 0.774. The van der Waals surface area contributed by atoms with Crippen molar-refractivity contribution < 1.29 is 0 Å². The summed E-state index contributed by atoms with van der Waals surface area (Å²) >= 11 is 0. The van der Waals surface area contributed by atoms with Gasteiger partial charge in [0.15, 0.2) is 0 Å². The van der Waals surface area contributed by atoms with E-state index in [-0.39, 0.29) is 0 Å². The molecule has 0 saturated carbocycles. The van der Waals surface area contributed by atoms with E-state index in [0.29, 0.717) is 12.0 Å². The molecule has 3 heteroatoms. The van der Waals surface area contributed by atoms with Crippen LogP contribution in [-0.2, 0) is 0 Å². The molecule has 0 aliphatic carbocycles. The second kappa shape index (κ2) is 4.75. The molecule has 3 N–H and O–H groups in total. The van der Waals surface area contributed by atoms with Gasteiger partial charge in [0.1, 0.15) is 0 Å². The third-order valence-corrected chi connectivity index (χ3v) is 4.14. The maximum absolute atomic E-state index is 3.52. The van der Waals surface area contributed by atoms with Crippen molar-refractivity contribution in [2.75, 3.05) is 20.1 Å². The zero-order valence-corrected chi connectivity index (χ0v) is 11.1. The van der Waals surface area contributed by atoms with Crippen molar-refractivity contribution in [3.63, 3.8) is 0 Å². The predicted octanol–water partition coefficient (Wildman–Crippen LogP) is 2.35. The topological polar surface area (TPSA) is 39.9 Å². The Kier molecular flexibility index (Phi) is 3.10. The Morgan fingerprint density at radius 3 is 2.89 bits per heavy atom. The molecule has 3 rings (SSSR count). The number of H-pyrrole nitrogens is 1. The van der Waals surface area contributed by atoms with Crippen molar-refractivity contribution in [2.24, 2.45) is 5.92 Å². The lowest BCUT2D eigenvalue weighted by atomic mass is 9.90. The molecule has 0 spiro atoms. The lowest BCUT2D eigenvalue weighted by Gasteiger charge is -2.23. The minimum atomic E-state index is 0.441. The fourth-order valence-corrected chi connectivity index (χ4v) is 3.28. The number of aromatic nitrogens is 1. The summed E-state index contributed by atoms with van der Waals surface area (Å²) in [5, 5.41) is 8.35. The first kappa shape index (κ1) is 11.8. The SMILES string of the molecule is CNC(c1c(C)[nH]c2ccccc12)C1CCNC1. The van der Waals surface area contributed by atoms with E-state index in [4.69, 9.17) is 0 Å². The normalized spacial score (nSPS) is 21.6. The number of benzene rings is 1. The summed E-state index contributed by atoms with van der Waals surface area (Å²) in [4.78, 5) is 3.50. The number of hydrogen-bond acceptors (Lipinski definition) is 2. The largest absolute Gasteiger partial charge is 0.358 e. The first-order valence-corrected chi connectivity index (χ1v) is 6.76. The van der Waals surface area contributed by atoms with Crippen molar-refractivity contribution in [3.05, 3.63) is 35.5 Å². The molecular weight excluding hydrogens is 222 g/mol. The van der Waals surface area contributed by atoms with Gasteiger partial charge in [-0.2, -0.15) is 0 Å². The molecule has 3 nitrogen and oxygen atoms in total. The van der Waals surface area contributed by atoms with E-state index in [1.54, 1.807) is 0 Å². The molecule has 1 aromatic carbocycles. The van der Waals surface area contributed by atoms with Gasteiger partial charge in [0, 0.05) is 22.6 Å². The second-order valence-electron chi connectivity index (χ2n) is 5.23. The van der Waals surface area contributed by atoms with E-state index in [2.05, 4.69) is 53.9 Å². The van der Waals surface area contributed by atoms with Crippen LogP contribution in [0.15, 0.2) is 24.3 Å². The number of fused-ring (bicyclic) bond motifs is 1. The van der Waals surface area contributed by atoms with Crippen molar-refractivity contribution >= 4 is 10.9 Å². The van der Waals surface area contributed by atoms with Gasteiger partial charge in [0.2, 0.25) is 0 Å². The zero-order valence-electron chi connectivity index (χ0n) is 11.1. The molecule has 18 heavy (non-hydrogen) atoms. The molecule has 96 valence electrons. The van der Waals surface area contributed by atoms with Crippen LogP contribution in [0.3, 0.4) is 0 Å². The number of rotatable bonds is 3. The second-order valence-corrected chi connectivity index (χ2v) is 5.23. The molecule has 0 radical (unpaired) electrons. The summed E-state index contributed by atoms with van der Waals surface area (Å²) in [6, 6.07) is 9.04. The molecule has 1 aliphatic rings. The Morgan fingerprint density at radius 1 is 1.33 bits per heavy atom. The fraction of sp³-hybridized carbons (Fsp3) is 0.467. The van der Waals surface area contributed by atoms with E-state index in [9.17, 15) is 0 Å². The summed E-state index contributed by atoms with van der Waals surface area (Å²) < 4.78 is 0. The van der Waals surface area contributed by atoms with Crippen LogP contribution in [0, 0.1) is 12.8 Å². The maximum atomic E-state index is 3.52. The first-order valence-electron chi connectivity index (χ1n) is 6.76. The van der Waals surface area contributed by atoms with Gasteiger partial charge in [-0.15, -0.1) is 0 Å². The van der Waals surface area contributed by atoms with Gasteiger partial charge >= 0.3 is 0 Å². The number of hydrogen-bond donors (Lipinski definition) is 3. The highest BCUT2D eigenvalue weighted by Crippen LogP contribution is 2.34. The Bertz CT molecular complexity index is 538. The van der Waals surface area contributed by atoms with Crippen LogP contribution in [0.1, 0.15) is 23.7 Å². The van der Waals surface area contributed by atoms with Gasteiger partial charge in [-0.1, -0.05) is 18.2 Å². The molecule has 1 aromatic heterocycles. The van der Waals surface area contributed by atoms with Gasteiger partial charge in [-0.25, -0.2) is 0 Å². The molecule has 2 atom stereocenters. The lowest BCUT2D eigenvalue weighted by molar-refractivity contribution is 0.411. The van der Waals surface area contributed by atoms with Gasteiger partial charge < -0.3 is 15.6 Å². The van der Waals surface area contributed by atoms with E-state index in [0.717, 1.165) is 13.1 Å². The molecule has 2 unspecified atom stereocenters. The summed E-state index contributed by atoms with van der Waals surface area (Å²) in [7, 11) is 2.07. The summed E-state index contributed by atoms with van der Waals surface area (Å²) in [5.74, 6) is 0.688. The molecule has 0 amide bonds. The highest BCUT2D eigenvalue weighted by Gasteiger charge is 2.28. The molecule has 2 aromatic rings. The molecule has 1 saturated heterocycles. The molecule has 1 aliphatic heterocycles. The predicted molar refractivity (Wildman–Crippen MR) is 75.8 cm³/mol. The Morgan fingerprint density at radius 2 is 2.17 bits per heavy atom. The van der Waals surface area contributed by atoms with E-state index in [1.807, 2.05) is 0 Å². The monoisotopic (exact) mass is 243 g/mol. The average Bonchev–Trinajstić information content (AvgIpc) is 2.99. The van der Waals surface area contributed by atoms with E-state index < -0.39 is 0 Å². The van der Waals surface area contributed by atoms with Crippen LogP contribution < -0.4 is 10.6 Å². The van der Waals surface area contributed by atoms with Crippen LogP contribution in [-0.4, -0.2) is 25.1 Å². The first-order chi connectivity index (χ1) is 8.81. The van der Waals surface area contributed by atoms with Crippen LogP contribution in [0.4, 0.5) is 0 Å². The van der Waals surface area contributed by atoms with Gasteiger partial charge in [-0.05, 0) is 51.0 Å². The molecule has 1 fully saturated rings. The Labute approximate surface area is 108 Å². The number of nitrogens with one attached hydrogen (secondary N) is 3. The fourth-order valence-electron chi connectivity index (χ4n) is 3.28. The minimum absolute atomic E-state index is 0.441. The summed E-state index contributed by atoms with van der Waals surface area (Å²) in [5.41, 5.74) is 3.99. The summed E-state index contributed by atoms with van der Waals surface area (Å²) in [6.45, 7) is 4.44. The number of para-hydroxylation sites is 1. The Balaban J connectivity index is 2.08. The summed E-state index contributed by atoms with van der Waals surface area (Å²) in [6.07, 6.45) is 1.25. The van der Waals surface area contributed by atoms with Crippen molar-refractivity contribution in [1.82, 2.24) is 15.6 Å². The number of aromatic amines is 1. The lowest BCUT2D eigenvalue weighted by Crippen LogP contribution is -2.27. The molecular formula is C15H21N3. The van der Waals surface area contributed by atoms with E-state index >= 15 is 0 Å². The van der Waals surface area contributed by atoms with Gasteiger partial charge in [-0.3, -0.25) is 0 Å². The minimum Gasteiger partial charge on any atom is -0.358 e. The molecule has 0 bridgehead atoms. The smallest absolute Gasteiger partial charge is 0.0459 e. The van der Waals surface area contributed by atoms with Gasteiger partial charge in [0.05, 0.1) is 0 Å². The third kappa shape index (κ3) is 1.84. The van der Waals surface area contributed by atoms with E-state index in [1.165, 1.54) is 28.6 Å². The highest BCUT2D eigenvalue weighted by atomic mass is 15.0. The number of aryl methyl sites for hydroxylation is 1. The average molecular weight is 243 g/mol. The maximum Gasteiger partial charge on any atom is 0.0459 e. The van der Waals surface area contributed by atoms with Crippen LogP contribution in [0.5, 0.6) is 0 Å². The van der Waals surface area contributed by atoms with Crippen molar-refractivity contribution in [2.45, 2.75) is 19.4 Å². The van der Waals surface area contributed by atoms with Gasteiger partial charge in [0.25, 0.3) is 0 Å². The van der Waals surface area contributed by atoms with Crippen LogP contribution >= 0.6 is 0 Å².